The summed E-state index contributed by atoms with van der Waals surface area (Å²) in [5, 5.41) is 1.00. The van der Waals surface area contributed by atoms with E-state index in [4.69, 9.17) is 9.47 Å². The fraction of sp³-hybridized carbons (Fsp3) is 0.429. The van der Waals surface area contributed by atoms with Crippen LogP contribution in [0.25, 0.3) is 27.7 Å². The van der Waals surface area contributed by atoms with Crippen molar-refractivity contribution in [2.45, 2.75) is 43.1 Å². The lowest BCUT2D eigenvalue weighted by molar-refractivity contribution is 0.0682. The molecule has 2 aromatic heterocycles. The smallest absolute Gasteiger partial charge is 0.410 e. The number of nitrogens with one attached hydrogen (secondary N) is 1. The Morgan fingerprint density at radius 1 is 1.05 bits per heavy atom. The summed E-state index contributed by atoms with van der Waals surface area (Å²) < 4.78 is 38.4. The predicted octanol–water partition coefficient (Wildman–Crippen LogP) is 4.42. The Morgan fingerprint density at radius 2 is 1.82 bits per heavy atom. The average molecular weight is 537 g/mol. The third-order valence-corrected chi connectivity index (χ3v) is 9.62. The minimum absolute atomic E-state index is 0.0690. The molecule has 2 aliphatic heterocycles. The third kappa shape index (κ3) is 4.95. The minimum atomic E-state index is -3.54. The molecule has 200 valence electrons. The third-order valence-electron chi connectivity index (χ3n) is 7.71. The molecule has 9 nitrogen and oxygen atoms in total. The SMILES string of the molecule is O=C(OC1CCCC1)N1CC=C(c2c[nH]c3ncc(-c4ccc(S(=O)(=O)N5CCOCC5)cc4)cc23)CC1. The summed E-state index contributed by atoms with van der Waals surface area (Å²) in [6.45, 7) is 2.73. The topological polar surface area (TPSA) is 105 Å². The van der Waals surface area contributed by atoms with Gasteiger partial charge in [-0.05, 0) is 61.4 Å². The zero-order valence-electron chi connectivity index (χ0n) is 21.3. The van der Waals surface area contributed by atoms with Crippen molar-refractivity contribution in [3.05, 3.63) is 54.4 Å². The first-order chi connectivity index (χ1) is 18.5. The van der Waals surface area contributed by atoms with Crippen LogP contribution in [0.2, 0.25) is 0 Å². The van der Waals surface area contributed by atoms with E-state index >= 15 is 0 Å². The second kappa shape index (κ2) is 10.5. The van der Waals surface area contributed by atoms with Gasteiger partial charge in [0, 0.05) is 55.1 Å². The van der Waals surface area contributed by atoms with Crippen molar-refractivity contribution in [3.8, 4) is 11.1 Å². The average Bonchev–Trinajstić information content (AvgIpc) is 3.63. The van der Waals surface area contributed by atoms with E-state index in [9.17, 15) is 13.2 Å². The van der Waals surface area contributed by atoms with Crippen LogP contribution in [0.3, 0.4) is 0 Å². The zero-order valence-corrected chi connectivity index (χ0v) is 22.1. The molecule has 4 heterocycles. The number of hydrogen-bond donors (Lipinski definition) is 1. The number of carbonyl (C=O) groups is 1. The molecule has 0 bridgehead atoms. The number of carbonyl (C=O) groups excluding carboxylic acids is 1. The number of rotatable bonds is 5. The molecule has 3 aliphatic rings. The Balaban J connectivity index is 1.19. The number of amides is 1. The number of aromatic amines is 1. The van der Waals surface area contributed by atoms with Gasteiger partial charge in [-0.3, -0.25) is 0 Å². The van der Waals surface area contributed by atoms with Crippen molar-refractivity contribution in [1.82, 2.24) is 19.2 Å². The van der Waals surface area contributed by atoms with E-state index in [-0.39, 0.29) is 17.1 Å². The highest BCUT2D eigenvalue weighted by Gasteiger charge is 2.27. The van der Waals surface area contributed by atoms with E-state index in [0.29, 0.717) is 39.4 Å². The standard InChI is InChI=1S/C28H32N4O5S/c33-28(37-23-3-1-2-4-23)31-11-9-21(10-12-31)26-19-30-27-25(26)17-22(18-29-27)20-5-7-24(8-6-20)38(34,35)32-13-15-36-16-14-32/h5-9,17-19,23H,1-4,10-16H2,(H,29,30). The number of morpholine rings is 1. The van der Waals surface area contributed by atoms with Gasteiger partial charge in [-0.2, -0.15) is 4.31 Å². The molecule has 2 fully saturated rings. The second-order valence-corrected chi connectivity index (χ2v) is 12.0. The molecule has 10 heteroatoms. The summed E-state index contributed by atoms with van der Waals surface area (Å²) in [6, 6.07) is 9.06. The second-order valence-electron chi connectivity index (χ2n) is 10.1. The lowest BCUT2D eigenvalue weighted by Gasteiger charge is -2.27. The van der Waals surface area contributed by atoms with Crippen LogP contribution in [-0.2, 0) is 19.5 Å². The molecule has 1 saturated carbocycles. The van der Waals surface area contributed by atoms with Crippen LogP contribution in [0.1, 0.15) is 37.7 Å². The van der Waals surface area contributed by atoms with E-state index in [0.717, 1.165) is 59.8 Å². The molecule has 1 aliphatic carbocycles. The normalized spacial score (nSPS) is 19.6. The number of fused-ring (bicyclic) bond motifs is 1. The summed E-state index contributed by atoms with van der Waals surface area (Å²) in [7, 11) is -3.54. The van der Waals surface area contributed by atoms with Gasteiger partial charge >= 0.3 is 6.09 Å². The van der Waals surface area contributed by atoms with E-state index in [1.807, 2.05) is 18.3 Å². The maximum Gasteiger partial charge on any atom is 0.410 e. The Morgan fingerprint density at radius 3 is 2.53 bits per heavy atom. The summed E-state index contributed by atoms with van der Waals surface area (Å²) in [6.07, 6.45) is 10.7. The van der Waals surface area contributed by atoms with E-state index in [1.165, 1.54) is 9.88 Å². The molecular weight excluding hydrogens is 504 g/mol. The van der Waals surface area contributed by atoms with Gasteiger partial charge in [0.2, 0.25) is 10.0 Å². The molecule has 38 heavy (non-hydrogen) atoms. The van der Waals surface area contributed by atoms with Crippen LogP contribution in [0.5, 0.6) is 0 Å². The van der Waals surface area contributed by atoms with Gasteiger partial charge in [0.05, 0.1) is 18.1 Å². The first-order valence-electron chi connectivity index (χ1n) is 13.3. The quantitative estimate of drug-likeness (QED) is 0.518. The first kappa shape index (κ1) is 25.1. The number of sulfonamides is 1. The summed E-state index contributed by atoms with van der Waals surface area (Å²) in [4.78, 5) is 22.5. The van der Waals surface area contributed by atoms with Gasteiger partial charge in [-0.15, -0.1) is 0 Å². The zero-order chi connectivity index (χ0) is 26.1. The van der Waals surface area contributed by atoms with Crippen molar-refractivity contribution < 1.29 is 22.7 Å². The molecule has 3 aromatic rings. The van der Waals surface area contributed by atoms with E-state index in [2.05, 4.69) is 22.1 Å². The Bertz CT molecular complexity index is 1450. The number of H-pyrrole nitrogens is 1. The molecular formula is C28H32N4O5S. The van der Waals surface area contributed by atoms with E-state index in [1.54, 1.807) is 23.2 Å². The number of pyridine rings is 1. The summed E-state index contributed by atoms with van der Waals surface area (Å²) >= 11 is 0. The summed E-state index contributed by atoms with van der Waals surface area (Å²) in [5.74, 6) is 0. The van der Waals surface area contributed by atoms with Crippen molar-refractivity contribution >= 4 is 32.7 Å². The first-order valence-corrected chi connectivity index (χ1v) is 14.7. The largest absolute Gasteiger partial charge is 0.446 e. The Kier molecular flexibility index (Phi) is 6.94. The molecule has 0 radical (unpaired) electrons. The van der Waals surface area contributed by atoms with Gasteiger partial charge < -0.3 is 19.4 Å². The Hall–Kier alpha value is -3.21. The monoisotopic (exact) mass is 536 g/mol. The lowest BCUT2D eigenvalue weighted by atomic mass is 9.98. The van der Waals surface area contributed by atoms with Crippen molar-refractivity contribution in [1.29, 1.82) is 0 Å². The van der Waals surface area contributed by atoms with Gasteiger partial charge in [-0.25, -0.2) is 18.2 Å². The van der Waals surface area contributed by atoms with Crippen molar-refractivity contribution in [3.63, 3.8) is 0 Å². The molecule has 0 unspecified atom stereocenters. The van der Waals surface area contributed by atoms with Crippen LogP contribution in [0.4, 0.5) is 4.79 Å². The van der Waals surface area contributed by atoms with Gasteiger partial charge in [0.1, 0.15) is 11.8 Å². The fourth-order valence-electron chi connectivity index (χ4n) is 5.49. The number of aromatic nitrogens is 2. The predicted molar refractivity (Wildman–Crippen MR) is 144 cm³/mol. The maximum atomic E-state index is 13.0. The Labute approximate surface area is 222 Å². The van der Waals surface area contributed by atoms with Gasteiger partial charge in [0.15, 0.2) is 0 Å². The lowest BCUT2D eigenvalue weighted by Crippen LogP contribution is -2.40. The molecule has 6 rings (SSSR count). The number of hydrogen-bond acceptors (Lipinski definition) is 6. The highest BCUT2D eigenvalue weighted by Crippen LogP contribution is 2.32. The highest BCUT2D eigenvalue weighted by atomic mass is 32.2. The summed E-state index contributed by atoms with van der Waals surface area (Å²) in [5.41, 5.74) is 4.84. The van der Waals surface area contributed by atoms with Crippen LogP contribution in [0, 0.1) is 0 Å². The fourth-order valence-corrected chi connectivity index (χ4v) is 6.89. The van der Waals surface area contributed by atoms with Crippen LogP contribution in [0.15, 0.2) is 53.7 Å². The number of benzene rings is 1. The highest BCUT2D eigenvalue weighted by molar-refractivity contribution is 7.89. The van der Waals surface area contributed by atoms with Crippen molar-refractivity contribution in [2.24, 2.45) is 0 Å². The molecule has 1 amide bonds. The van der Waals surface area contributed by atoms with Crippen LogP contribution < -0.4 is 0 Å². The van der Waals surface area contributed by atoms with Crippen molar-refractivity contribution in [2.75, 3.05) is 39.4 Å². The van der Waals surface area contributed by atoms with Gasteiger partial charge in [-0.1, -0.05) is 18.2 Å². The molecule has 1 saturated heterocycles. The number of ether oxygens (including phenoxy) is 2. The van der Waals surface area contributed by atoms with E-state index < -0.39 is 10.0 Å². The maximum absolute atomic E-state index is 13.0. The molecule has 1 aromatic carbocycles. The minimum Gasteiger partial charge on any atom is -0.446 e. The van der Waals surface area contributed by atoms with Crippen LogP contribution >= 0.6 is 0 Å². The molecule has 0 spiro atoms. The van der Waals surface area contributed by atoms with Crippen LogP contribution in [-0.4, -0.2) is 79.2 Å². The molecule has 1 N–H and O–H groups in total. The molecule has 0 atom stereocenters. The number of nitrogens with zero attached hydrogens (tertiary/aromatic N) is 3. The van der Waals surface area contributed by atoms with Gasteiger partial charge in [0.25, 0.3) is 0 Å².